The zero-order valence-electron chi connectivity index (χ0n) is 13.1. The third-order valence-corrected chi connectivity index (χ3v) is 5.65. The summed E-state index contributed by atoms with van der Waals surface area (Å²) in [6.07, 6.45) is 2.85. The molecule has 1 rings (SSSR count). The van der Waals surface area contributed by atoms with Gasteiger partial charge in [0.05, 0.1) is 5.75 Å². The Labute approximate surface area is 134 Å². The van der Waals surface area contributed by atoms with Crippen LogP contribution in [0.25, 0.3) is 0 Å². The minimum Gasteiger partial charge on any atom is -0.353 e. The van der Waals surface area contributed by atoms with Crippen molar-refractivity contribution < 1.29 is 13.2 Å². The maximum atomic E-state index is 12.2. The number of nitrogens with one attached hydrogen (secondary N) is 2. The number of likely N-dealkylation sites (N-methyl/N-ethyl adjacent to an activating group) is 1. The minimum atomic E-state index is -3.30. The van der Waals surface area contributed by atoms with Gasteiger partial charge in [0.1, 0.15) is 6.04 Å². The Morgan fingerprint density at radius 1 is 1.43 bits per heavy atom. The second kappa shape index (κ2) is 9.61. The highest BCUT2D eigenvalue weighted by Gasteiger charge is 2.37. The van der Waals surface area contributed by atoms with E-state index in [1.54, 1.807) is 0 Å². The highest BCUT2D eigenvalue weighted by molar-refractivity contribution is 7.89. The monoisotopic (exact) mass is 341 g/mol. The smallest absolute Gasteiger partial charge is 0.238 e. The van der Waals surface area contributed by atoms with Gasteiger partial charge in [-0.25, -0.2) is 8.42 Å². The quantitative estimate of drug-likeness (QED) is 0.682. The van der Waals surface area contributed by atoms with Crippen molar-refractivity contribution in [3.05, 3.63) is 0 Å². The second-order valence-corrected chi connectivity index (χ2v) is 7.41. The molecule has 21 heavy (non-hydrogen) atoms. The molecule has 0 aromatic heterocycles. The van der Waals surface area contributed by atoms with Crippen molar-refractivity contribution in [2.45, 2.75) is 51.6 Å². The van der Waals surface area contributed by atoms with Gasteiger partial charge < -0.3 is 10.6 Å². The van der Waals surface area contributed by atoms with Crippen LogP contribution in [0.15, 0.2) is 0 Å². The van der Waals surface area contributed by atoms with Gasteiger partial charge in [-0.3, -0.25) is 4.79 Å². The molecular formula is C13H28ClN3O3S. The van der Waals surface area contributed by atoms with E-state index in [2.05, 4.69) is 10.6 Å². The molecule has 6 nitrogen and oxygen atoms in total. The Balaban J connectivity index is 0.00000400. The number of nitrogens with zero attached hydrogens (tertiary/aromatic N) is 1. The van der Waals surface area contributed by atoms with Crippen molar-refractivity contribution in [3.63, 3.8) is 0 Å². The highest BCUT2D eigenvalue weighted by Crippen LogP contribution is 2.22. The van der Waals surface area contributed by atoms with Gasteiger partial charge in [-0.2, -0.15) is 4.31 Å². The van der Waals surface area contributed by atoms with E-state index in [9.17, 15) is 13.2 Å². The van der Waals surface area contributed by atoms with Gasteiger partial charge in [-0.15, -0.1) is 12.4 Å². The van der Waals surface area contributed by atoms with Crippen LogP contribution in [0.2, 0.25) is 0 Å². The Hall–Kier alpha value is -0.370. The molecule has 1 amide bonds. The van der Waals surface area contributed by atoms with Crippen molar-refractivity contribution in [3.8, 4) is 0 Å². The van der Waals surface area contributed by atoms with E-state index in [1.165, 1.54) is 4.31 Å². The summed E-state index contributed by atoms with van der Waals surface area (Å²) >= 11 is 0. The fourth-order valence-corrected chi connectivity index (χ4v) is 4.14. The summed E-state index contributed by atoms with van der Waals surface area (Å²) in [4.78, 5) is 12.2. The second-order valence-electron chi connectivity index (χ2n) is 5.37. The maximum absolute atomic E-state index is 12.2. The average Bonchev–Trinajstić information content (AvgIpc) is 2.92. The van der Waals surface area contributed by atoms with E-state index < -0.39 is 16.1 Å². The van der Waals surface area contributed by atoms with Crippen LogP contribution in [0.4, 0.5) is 0 Å². The Morgan fingerprint density at radius 3 is 2.67 bits per heavy atom. The fourth-order valence-electron chi connectivity index (χ4n) is 2.25. The molecule has 2 unspecified atom stereocenters. The van der Waals surface area contributed by atoms with Gasteiger partial charge in [-0.1, -0.05) is 13.3 Å². The molecule has 1 fully saturated rings. The predicted molar refractivity (Wildman–Crippen MR) is 87.2 cm³/mol. The van der Waals surface area contributed by atoms with Crippen molar-refractivity contribution >= 4 is 28.3 Å². The lowest BCUT2D eigenvalue weighted by atomic mass is 10.2. The molecule has 1 aliphatic heterocycles. The molecule has 1 saturated heterocycles. The summed E-state index contributed by atoms with van der Waals surface area (Å²) in [6, 6.07) is -0.355. The molecule has 0 spiro atoms. The molecule has 0 bridgehead atoms. The molecule has 0 aliphatic carbocycles. The van der Waals surface area contributed by atoms with Crippen LogP contribution in [0.1, 0.15) is 39.5 Å². The summed E-state index contributed by atoms with van der Waals surface area (Å²) < 4.78 is 25.9. The van der Waals surface area contributed by atoms with Gasteiger partial charge in [0, 0.05) is 19.1 Å². The maximum Gasteiger partial charge on any atom is 0.238 e. The average molecular weight is 342 g/mol. The van der Waals surface area contributed by atoms with Gasteiger partial charge in [0.2, 0.25) is 15.9 Å². The van der Waals surface area contributed by atoms with Crippen LogP contribution in [0.3, 0.4) is 0 Å². The topological polar surface area (TPSA) is 78.5 Å². The lowest BCUT2D eigenvalue weighted by molar-refractivity contribution is -0.124. The number of rotatable bonds is 8. The van der Waals surface area contributed by atoms with Crippen LogP contribution in [0, 0.1) is 0 Å². The van der Waals surface area contributed by atoms with Crippen LogP contribution < -0.4 is 10.6 Å². The number of unbranched alkanes of at least 4 members (excludes halogenated alkanes) is 1. The Bertz CT molecular complexity index is 417. The van der Waals surface area contributed by atoms with E-state index in [1.807, 2.05) is 20.9 Å². The third kappa shape index (κ3) is 6.10. The van der Waals surface area contributed by atoms with Crippen molar-refractivity contribution in [2.75, 3.05) is 25.9 Å². The number of halogens is 1. The first kappa shape index (κ1) is 20.6. The molecule has 126 valence electrons. The molecule has 1 aliphatic rings. The zero-order chi connectivity index (χ0) is 15.2. The van der Waals surface area contributed by atoms with Crippen LogP contribution in [0.5, 0.6) is 0 Å². The lowest BCUT2D eigenvalue weighted by Gasteiger charge is -2.24. The standard InChI is InChI=1S/C13H27N3O3S.ClH/c1-4-5-9-20(18,19)16-8-6-7-12(16)13(17)15-10-11(2)14-3;/h11-12,14H,4-10H2,1-3H3,(H,15,17);1H. The molecule has 8 heteroatoms. The normalized spacial score (nSPS) is 20.8. The summed E-state index contributed by atoms with van der Waals surface area (Å²) in [6.45, 7) is 4.90. The number of carbonyl (C=O) groups is 1. The summed E-state index contributed by atoms with van der Waals surface area (Å²) in [5.41, 5.74) is 0. The van der Waals surface area contributed by atoms with Gasteiger partial charge >= 0.3 is 0 Å². The fraction of sp³-hybridized carbons (Fsp3) is 0.923. The third-order valence-electron chi connectivity index (χ3n) is 3.69. The first-order valence-corrected chi connectivity index (χ1v) is 8.97. The number of hydrogen-bond acceptors (Lipinski definition) is 4. The summed E-state index contributed by atoms with van der Waals surface area (Å²) in [5.74, 6) is -0.0371. The molecule has 0 aromatic rings. The lowest BCUT2D eigenvalue weighted by Crippen LogP contribution is -2.48. The van der Waals surface area contributed by atoms with Crippen LogP contribution in [-0.4, -0.2) is 56.6 Å². The molecule has 0 saturated carbocycles. The summed E-state index contributed by atoms with van der Waals surface area (Å²) in [7, 11) is -1.48. The van der Waals surface area contributed by atoms with E-state index >= 15 is 0 Å². The first-order chi connectivity index (χ1) is 9.42. The van der Waals surface area contributed by atoms with Crippen molar-refractivity contribution in [2.24, 2.45) is 0 Å². The minimum absolute atomic E-state index is 0. The van der Waals surface area contributed by atoms with Gasteiger partial charge in [0.25, 0.3) is 0 Å². The molecule has 0 radical (unpaired) electrons. The molecule has 2 atom stereocenters. The van der Waals surface area contributed by atoms with Crippen LogP contribution >= 0.6 is 12.4 Å². The van der Waals surface area contributed by atoms with E-state index in [0.717, 1.165) is 12.8 Å². The molecule has 1 heterocycles. The van der Waals surface area contributed by atoms with E-state index in [4.69, 9.17) is 0 Å². The predicted octanol–water partition coefficient (Wildman–Crippen LogP) is 0.727. The zero-order valence-corrected chi connectivity index (χ0v) is 14.7. The van der Waals surface area contributed by atoms with E-state index in [-0.39, 0.29) is 30.1 Å². The number of amides is 1. The molecule has 0 aromatic carbocycles. The highest BCUT2D eigenvalue weighted by atomic mass is 35.5. The van der Waals surface area contributed by atoms with Crippen molar-refractivity contribution in [1.29, 1.82) is 0 Å². The Morgan fingerprint density at radius 2 is 2.10 bits per heavy atom. The van der Waals surface area contributed by atoms with Crippen LogP contribution in [-0.2, 0) is 14.8 Å². The van der Waals surface area contributed by atoms with E-state index in [0.29, 0.717) is 25.9 Å². The largest absolute Gasteiger partial charge is 0.353 e. The van der Waals surface area contributed by atoms with Gasteiger partial charge in [-0.05, 0) is 33.2 Å². The SMILES string of the molecule is CCCCS(=O)(=O)N1CCCC1C(=O)NCC(C)NC.Cl. The Kier molecular flexibility index (Phi) is 9.44. The van der Waals surface area contributed by atoms with Crippen molar-refractivity contribution in [1.82, 2.24) is 14.9 Å². The van der Waals surface area contributed by atoms with Gasteiger partial charge in [0.15, 0.2) is 0 Å². The molecular weight excluding hydrogens is 314 g/mol. The first-order valence-electron chi connectivity index (χ1n) is 7.36. The number of sulfonamides is 1. The number of carbonyl (C=O) groups excluding carboxylic acids is 1. The number of hydrogen-bond donors (Lipinski definition) is 2. The molecule has 2 N–H and O–H groups in total. The summed E-state index contributed by atoms with van der Waals surface area (Å²) in [5, 5.41) is 5.86.